The molecule has 0 heterocycles. The average Bonchev–Trinajstić information content (AvgIpc) is 2.38. The average molecular weight is 263 g/mol. The molecule has 0 aromatic heterocycles. The molecule has 0 saturated carbocycles. The van der Waals surface area contributed by atoms with Crippen LogP contribution >= 0.6 is 0 Å². The van der Waals surface area contributed by atoms with Crippen LogP contribution in [0.2, 0.25) is 0 Å². The molecule has 0 aliphatic heterocycles. The monoisotopic (exact) mass is 263 g/mol. The van der Waals surface area contributed by atoms with Gasteiger partial charge in [-0.15, -0.1) is 0 Å². The van der Waals surface area contributed by atoms with Crippen LogP contribution in [0.5, 0.6) is 0 Å². The lowest BCUT2D eigenvalue weighted by Gasteiger charge is -2.21. The zero-order valence-electron chi connectivity index (χ0n) is 11.8. The molecule has 0 spiro atoms. The summed E-state index contributed by atoms with van der Waals surface area (Å²) in [6.45, 7) is 5.75. The van der Waals surface area contributed by atoms with Gasteiger partial charge in [-0.1, -0.05) is 24.3 Å². The second-order valence-electron chi connectivity index (χ2n) is 4.54. The Bertz CT molecular complexity index is 460. The Morgan fingerprint density at radius 2 is 1.79 bits per heavy atom. The number of aryl methyl sites for hydroxylation is 1. The van der Waals surface area contributed by atoms with Crippen molar-refractivity contribution in [1.82, 2.24) is 16.0 Å². The first-order valence-electron chi connectivity index (χ1n) is 6.29. The van der Waals surface area contributed by atoms with Gasteiger partial charge in [-0.3, -0.25) is 15.4 Å². The second-order valence-corrected chi connectivity index (χ2v) is 4.54. The minimum absolute atomic E-state index is 0.0339. The molecule has 5 heteroatoms. The van der Waals surface area contributed by atoms with Crippen LogP contribution in [0.25, 0.3) is 0 Å². The number of benzene rings is 1. The first-order valence-corrected chi connectivity index (χ1v) is 6.29. The number of rotatable bonds is 4. The van der Waals surface area contributed by atoms with Gasteiger partial charge >= 0.3 is 6.03 Å². The Hall–Kier alpha value is -1.88. The van der Waals surface area contributed by atoms with Gasteiger partial charge in [0, 0.05) is 13.1 Å². The van der Waals surface area contributed by atoms with Crippen molar-refractivity contribution in [3.05, 3.63) is 35.4 Å². The molecule has 2 unspecified atom stereocenters. The van der Waals surface area contributed by atoms with E-state index < -0.39 is 12.1 Å². The summed E-state index contributed by atoms with van der Waals surface area (Å²) < 4.78 is 0. The van der Waals surface area contributed by atoms with Crippen molar-refractivity contribution in [3.63, 3.8) is 0 Å². The van der Waals surface area contributed by atoms with E-state index in [0.717, 1.165) is 5.56 Å². The minimum atomic E-state index is -0.498. The van der Waals surface area contributed by atoms with Crippen LogP contribution < -0.4 is 16.0 Å². The van der Waals surface area contributed by atoms with E-state index in [9.17, 15) is 9.59 Å². The highest BCUT2D eigenvalue weighted by Crippen LogP contribution is 2.17. The van der Waals surface area contributed by atoms with E-state index >= 15 is 0 Å². The summed E-state index contributed by atoms with van der Waals surface area (Å²) in [5.74, 6) is -0.347. The van der Waals surface area contributed by atoms with E-state index in [2.05, 4.69) is 16.0 Å². The fourth-order valence-corrected chi connectivity index (χ4v) is 1.90. The summed E-state index contributed by atoms with van der Waals surface area (Å²) in [6.07, 6.45) is 0. The van der Waals surface area contributed by atoms with E-state index in [-0.39, 0.29) is 11.9 Å². The van der Waals surface area contributed by atoms with Crippen LogP contribution in [-0.4, -0.2) is 25.0 Å². The first-order chi connectivity index (χ1) is 8.95. The molecule has 104 valence electrons. The molecule has 2 atom stereocenters. The lowest BCUT2D eigenvalue weighted by molar-refractivity contribution is -0.121. The van der Waals surface area contributed by atoms with Crippen LogP contribution in [0.15, 0.2) is 24.3 Å². The number of imide groups is 1. The van der Waals surface area contributed by atoms with Crippen molar-refractivity contribution in [2.45, 2.75) is 32.9 Å². The smallest absolute Gasteiger partial charge is 0.321 e. The zero-order chi connectivity index (χ0) is 14.4. The van der Waals surface area contributed by atoms with Crippen molar-refractivity contribution >= 4 is 11.9 Å². The normalized spacial score (nSPS) is 13.5. The SMILES string of the molecule is CNC(=O)NC(=O)C(C)NC(C)c1ccccc1C. The van der Waals surface area contributed by atoms with Crippen molar-refractivity contribution in [3.8, 4) is 0 Å². The maximum Gasteiger partial charge on any atom is 0.321 e. The molecule has 0 saturated heterocycles. The van der Waals surface area contributed by atoms with E-state index in [0.29, 0.717) is 0 Å². The number of carbonyl (C=O) groups is 2. The van der Waals surface area contributed by atoms with Crippen LogP contribution in [0.1, 0.15) is 31.0 Å². The van der Waals surface area contributed by atoms with Crippen LogP contribution in [-0.2, 0) is 4.79 Å². The van der Waals surface area contributed by atoms with Gasteiger partial charge in [-0.25, -0.2) is 4.79 Å². The molecule has 0 aliphatic carbocycles. The second kappa shape index (κ2) is 6.89. The van der Waals surface area contributed by atoms with E-state index in [1.54, 1.807) is 6.92 Å². The molecule has 1 rings (SSSR count). The fraction of sp³-hybridized carbons (Fsp3) is 0.429. The highest BCUT2D eigenvalue weighted by Gasteiger charge is 2.18. The molecule has 5 nitrogen and oxygen atoms in total. The summed E-state index contributed by atoms with van der Waals surface area (Å²) in [5, 5.41) is 7.77. The zero-order valence-corrected chi connectivity index (χ0v) is 11.8. The van der Waals surface area contributed by atoms with Crippen molar-refractivity contribution in [1.29, 1.82) is 0 Å². The van der Waals surface area contributed by atoms with Crippen LogP contribution in [0.3, 0.4) is 0 Å². The minimum Gasteiger partial charge on any atom is -0.341 e. The molecule has 19 heavy (non-hydrogen) atoms. The van der Waals surface area contributed by atoms with Gasteiger partial charge in [0.15, 0.2) is 0 Å². The number of urea groups is 1. The third-order valence-electron chi connectivity index (χ3n) is 3.01. The molecule has 3 N–H and O–H groups in total. The Morgan fingerprint density at radius 3 is 2.37 bits per heavy atom. The van der Waals surface area contributed by atoms with Crippen molar-refractivity contribution in [2.75, 3.05) is 7.05 Å². The third kappa shape index (κ3) is 4.37. The lowest BCUT2D eigenvalue weighted by atomic mass is 10.0. The van der Waals surface area contributed by atoms with Gasteiger partial charge in [0.2, 0.25) is 5.91 Å². The van der Waals surface area contributed by atoms with Gasteiger partial charge in [0.1, 0.15) is 0 Å². The number of hydrogen-bond acceptors (Lipinski definition) is 3. The highest BCUT2D eigenvalue weighted by atomic mass is 16.2. The molecule has 3 amide bonds. The Labute approximate surface area is 113 Å². The number of hydrogen-bond donors (Lipinski definition) is 3. The summed E-state index contributed by atoms with van der Waals surface area (Å²) in [5.41, 5.74) is 2.31. The number of carbonyl (C=O) groups excluding carboxylic acids is 2. The molecular weight excluding hydrogens is 242 g/mol. The third-order valence-corrected chi connectivity index (χ3v) is 3.01. The summed E-state index contributed by atoms with van der Waals surface area (Å²) in [6, 6.07) is 7.09. The van der Waals surface area contributed by atoms with Gasteiger partial charge in [-0.2, -0.15) is 0 Å². The fourth-order valence-electron chi connectivity index (χ4n) is 1.90. The highest BCUT2D eigenvalue weighted by molar-refractivity contribution is 5.96. The number of amides is 3. The standard InChI is InChI=1S/C14H21N3O2/c1-9-7-5-6-8-12(9)10(2)16-11(3)13(18)17-14(19)15-4/h5-8,10-11,16H,1-4H3,(H2,15,17,18,19). The molecule has 0 fully saturated rings. The summed E-state index contributed by atoms with van der Waals surface area (Å²) >= 11 is 0. The Morgan fingerprint density at radius 1 is 1.16 bits per heavy atom. The summed E-state index contributed by atoms with van der Waals surface area (Å²) in [4.78, 5) is 22.8. The molecule has 0 aliphatic rings. The quantitative estimate of drug-likeness (QED) is 0.771. The van der Waals surface area contributed by atoms with E-state index in [4.69, 9.17) is 0 Å². The van der Waals surface area contributed by atoms with Gasteiger partial charge in [0.05, 0.1) is 6.04 Å². The topological polar surface area (TPSA) is 70.2 Å². The van der Waals surface area contributed by atoms with Crippen molar-refractivity contribution < 1.29 is 9.59 Å². The molecule has 1 aromatic carbocycles. The van der Waals surface area contributed by atoms with Gasteiger partial charge in [-0.05, 0) is 31.9 Å². The predicted octanol–water partition coefficient (Wildman–Crippen LogP) is 1.49. The van der Waals surface area contributed by atoms with Crippen LogP contribution in [0.4, 0.5) is 4.79 Å². The Balaban J connectivity index is 2.62. The van der Waals surface area contributed by atoms with Gasteiger partial charge < -0.3 is 5.32 Å². The van der Waals surface area contributed by atoms with E-state index in [1.165, 1.54) is 12.6 Å². The first kappa shape index (κ1) is 15.2. The lowest BCUT2D eigenvalue weighted by Crippen LogP contribution is -2.47. The largest absolute Gasteiger partial charge is 0.341 e. The maximum atomic E-state index is 11.7. The Kier molecular flexibility index (Phi) is 5.51. The van der Waals surface area contributed by atoms with Crippen molar-refractivity contribution in [2.24, 2.45) is 0 Å². The number of nitrogens with one attached hydrogen (secondary N) is 3. The molecule has 0 bridgehead atoms. The molecule has 1 aromatic rings. The molecular formula is C14H21N3O2. The maximum absolute atomic E-state index is 11.7. The van der Waals surface area contributed by atoms with Gasteiger partial charge in [0.25, 0.3) is 0 Å². The molecule has 0 radical (unpaired) electrons. The predicted molar refractivity (Wildman–Crippen MR) is 74.8 cm³/mol. The van der Waals surface area contributed by atoms with E-state index in [1.807, 2.05) is 38.1 Å². The summed E-state index contributed by atoms with van der Waals surface area (Å²) in [7, 11) is 1.47. The van der Waals surface area contributed by atoms with Crippen LogP contribution in [0, 0.1) is 6.92 Å².